The Morgan fingerprint density at radius 2 is 2.24 bits per heavy atom. The number of hydrogen-bond donors (Lipinski definition) is 1. The van der Waals surface area contributed by atoms with Gasteiger partial charge in [-0.1, -0.05) is 30.1 Å². The molecule has 3 rings (SSSR count). The van der Waals surface area contributed by atoms with Crippen LogP contribution < -0.4 is 4.74 Å². The van der Waals surface area contributed by atoms with Gasteiger partial charge in [0.1, 0.15) is 11.8 Å². The summed E-state index contributed by atoms with van der Waals surface area (Å²) in [6.07, 6.45) is 0.303. The van der Waals surface area contributed by atoms with E-state index in [2.05, 4.69) is 10.2 Å². The van der Waals surface area contributed by atoms with Gasteiger partial charge in [0, 0.05) is 24.4 Å². The molecule has 9 heteroatoms. The number of nitrogens with zero attached hydrogens (tertiary/aromatic N) is 3. The lowest BCUT2D eigenvalue weighted by Crippen LogP contribution is -2.35. The van der Waals surface area contributed by atoms with E-state index < -0.39 is 12.1 Å². The minimum atomic E-state index is -0.648. The number of rotatable bonds is 5. The number of hydrogen-bond acceptors (Lipinski definition) is 6. The number of amides is 1. The van der Waals surface area contributed by atoms with Crippen LogP contribution in [0.3, 0.4) is 0 Å². The molecule has 2 aromatic rings. The first-order valence-corrected chi connectivity index (χ1v) is 8.61. The summed E-state index contributed by atoms with van der Waals surface area (Å²) in [5.41, 5.74) is 0. The van der Waals surface area contributed by atoms with E-state index in [1.54, 1.807) is 12.1 Å². The molecule has 0 aliphatic carbocycles. The van der Waals surface area contributed by atoms with Gasteiger partial charge in [0.2, 0.25) is 11.8 Å². The number of aliphatic hydroxyl groups is 1. The van der Waals surface area contributed by atoms with Gasteiger partial charge in [0.05, 0.1) is 11.1 Å². The highest BCUT2D eigenvalue weighted by molar-refractivity contribution is 6.35. The van der Waals surface area contributed by atoms with Crippen LogP contribution in [0.1, 0.15) is 31.2 Å². The molecular weight excluding hydrogens is 369 g/mol. The third-order valence-corrected chi connectivity index (χ3v) is 4.44. The van der Waals surface area contributed by atoms with E-state index in [0.29, 0.717) is 40.4 Å². The molecule has 2 atom stereocenters. The predicted molar refractivity (Wildman–Crippen MR) is 90.7 cm³/mol. The number of likely N-dealkylation sites (tertiary alicyclic amines) is 1. The molecule has 1 aromatic heterocycles. The fraction of sp³-hybridized carbons (Fsp3) is 0.438. The monoisotopic (exact) mass is 385 g/mol. The van der Waals surface area contributed by atoms with Crippen LogP contribution in [0.4, 0.5) is 0 Å². The first kappa shape index (κ1) is 18.0. The number of halogens is 2. The lowest BCUT2D eigenvalue weighted by atomic mass is 10.2. The second-order valence-electron chi connectivity index (χ2n) is 5.70. The second-order valence-corrected chi connectivity index (χ2v) is 6.55. The Kier molecular flexibility index (Phi) is 5.46. The largest absolute Gasteiger partial charge is 0.482 e. The molecule has 1 aromatic carbocycles. The van der Waals surface area contributed by atoms with Crippen LogP contribution >= 0.6 is 23.2 Å². The minimum Gasteiger partial charge on any atom is -0.482 e. The lowest BCUT2D eigenvalue weighted by Gasteiger charge is -2.22. The molecule has 2 heterocycles. The van der Waals surface area contributed by atoms with E-state index in [9.17, 15) is 9.90 Å². The SMILES string of the molecule is CCc1nnc([C@H]2C[C@@H](O)CN2C(=O)COc2ccc(Cl)cc2Cl)o1. The standard InChI is InChI=1S/C16H17Cl2N3O4/c1-2-14-19-20-16(25-14)12-6-10(22)7-21(12)15(23)8-24-13-4-3-9(17)5-11(13)18/h3-5,10,12,22H,2,6-8H2,1H3/t10-,12-/m1/s1. The van der Waals surface area contributed by atoms with Crippen LogP contribution in [-0.2, 0) is 11.2 Å². The van der Waals surface area contributed by atoms with Crippen molar-refractivity contribution < 1.29 is 19.1 Å². The first-order chi connectivity index (χ1) is 12.0. The van der Waals surface area contributed by atoms with Gasteiger partial charge in [-0.15, -0.1) is 10.2 Å². The second kappa shape index (κ2) is 7.59. The Morgan fingerprint density at radius 3 is 2.92 bits per heavy atom. The summed E-state index contributed by atoms with van der Waals surface area (Å²) in [7, 11) is 0. The zero-order chi connectivity index (χ0) is 18.0. The zero-order valence-corrected chi connectivity index (χ0v) is 15.0. The van der Waals surface area contributed by atoms with Gasteiger partial charge >= 0.3 is 0 Å². The highest BCUT2D eigenvalue weighted by atomic mass is 35.5. The Morgan fingerprint density at radius 1 is 1.44 bits per heavy atom. The van der Waals surface area contributed by atoms with Crippen LogP contribution in [0, 0.1) is 0 Å². The Labute approximate surface area is 154 Å². The van der Waals surface area contributed by atoms with Gasteiger partial charge in [0.15, 0.2) is 6.61 Å². The van der Waals surface area contributed by atoms with Gasteiger partial charge in [-0.2, -0.15) is 0 Å². The molecule has 134 valence electrons. The van der Waals surface area contributed by atoms with Crippen molar-refractivity contribution in [3.8, 4) is 5.75 Å². The maximum atomic E-state index is 12.5. The number of aromatic nitrogens is 2. The molecule has 1 fully saturated rings. The van der Waals surface area contributed by atoms with E-state index in [-0.39, 0.29) is 19.1 Å². The number of aryl methyl sites for hydroxylation is 1. The summed E-state index contributed by atoms with van der Waals surface area (Å²) in [6.45, 7) is 1.86. The van der Waals surface area contributed by atoms with Crippen molar-refractivity contribution in [2.24, 2.45) is 0 Å². The highest BCUT2D eigenvalue weighted by Crippen LogP contribution is 2.32. The Hall–Kier alpha value is -1.83. The third-order valence-electron chi connectivity index (χ3n) is 3.91. The Bertz CT molecular complexity index is 768. The van der Waals surface area contributed by atoms with Crippen LogP contribution in [0.2, 0.25) is 10.0 Å². The van der Waals surface area contributed by atoms with Crippen molar-refractivity contribution in [2.45, 2.75) is 31.9 Å². The van der Waals surface area contributed by atoms with E-state index in [4.69, 9.17) is 32.4 Å². The van der Waals surface area contributed by atoms with E-state index >= 15 is 0 Å². The van der Waals surface area contributed by atoms with Gasteiger partial charge in [-0.25, -0.2) is 0 Å². The topological polar surface area (TPSA) is 88.7 Å². The molecular formula is C16H17Cl2N3O4. The number of ether oxygens (including phenoxy) is 1. The van der Waals surface area contributed by atoms with Crippen molar-refractivity contribution in [1.29, 1.82) is 0 Å². The molecule has 1 saturated heterocycles. The quantitative estimate of drug-likeness (QED) is 0.850. The van der Waals surface area contributed by atoms with Crippen LogP contribution in [0.25, 0.3) is 0 Å². The van der Waals surface area contributed by atoms with E-state index in [1.807, 2.05) is 6.92 Å². The summed E-state index contributed by atoms with van der Waals surface area (Å²) in [5, 5.41) is 18.6. The number of benzene rings is 1. The fourth-order valence-corrected chi connectivity index (χ4v) is 3.15. The molecule has 0 spiro atoms. The fourth-order valence-electron chi connectivity index (χ4n) is 2.68. The summed E-state index contributed by atoms with van der Waals surface area (Å²) < 4.78 is 11.0. The highest BCUT2D eigenvalue weighted by Gasteiger charge is 2.38. The van der Waals surface area contributed by atoms with Crippen molar-refractivity contribution in [2.75, 3.05) is 13.2 Å². The average molecular weight is 386 g/mol. The Balaban J connectivity index is 1.69. The van der Waals surface area contributed by atoms with Crippen LogP contribution in [0.5, 0.6) is 5.75 Å². The number of β-amino-alcohol motifs (C(OH)–C–C–N with tert-alkyl or cyclic N) is 1. The molecule has 0 unspecified atom stereocenters. The van der Waals surface area contributed by atoms with Crippen molar-refractivity contribution in [3.05, 3.63) is 40.0 Å². The maximum absolute atomic E-state index is 12.5. The molecule has 1 aliphatic rings. The van der Waals surface area contributed by atoms with E-state index in [1.165, 1.54) is 11.0 Å². The molecule has 1 N–H and O–H groups in total. The third kappa shape index (κ3) is 4.05. The predicted octanol–water partition coefficient (Wildman–Crippen LogP) is 2.65. The zero-order valence-electron chi connectivity index (χ0n) is 13.5. The summed E-state index contributed by atoms with van der Waals surface area (Å²) in [4.78, 5) is 14.0. The van der Waals surface area contributed by atoms with Gasteiger partial charge in [-0.3, -0.25) is 4.79 Å². The number of carbonyl (C=O) groups excluding carboxylic acids is 1. The summed E-state index contributed by atoms with van der Waals surface area (Å²) in [6, 6.07) is 4.30. The normalized spacial score (nSPS) is 20.1. The molecule has 1 aliphatic heterocycles. The average Bonchev–Trinajstić information content (AvgIpc) is 3.20. The maximum Gasteiger partial charge on any atom is 0.261 e. The van der Waals surface area contributed by atoms with Crippen molar-refractivity contribution in [3.63, 3.8) is 0 Å². The van der Waals surface area contributed by atoms with Crippen LogP contribution in [0.15, 0.2) is 22.6 Å². The number of aliphatic hydroxyl groups excluding tert-OH is 1. The van der Waals surface area contributed by atoms with Gasteiger partial charge in [-0.05, 0) is 18.2 Å². The molecule has 0 saturated carbocycles. The number of carbonyl (C=O) groups is 1. The van der Waals surface area contributed by atoms with Gasteiger partial charge < -0.3 is 19.2 Å². The first-order valence-electron chi connectivity index (χ1n) is 7.85. The minimum absolute atomic E-state index is 0.186. The summed E-state index contributed by atoms with van der Waals surface area (Å²) >= 11 is 11.9. The molecule has 7 nitrogen and oxygen atoms in total. The molecule has 1 amide bonds. The summed E-state index contributed by atoms with van der Waals surface area (Å²) in [5.74, 6) is 0.879. The molecule has 0 radical (unpaired) electrons. The lowest BCUT2D eigenvalue weighted by molar-refractivity contribution is -0.135. The smallest absolute Gasteiger partial charge is 0.261 e. The van der Waals surface area contributed by atoms with Gasteiger partial charge in [0.25, 0.3) is 5.91 Å². The van der Waals surface area contributed by atoms with Crippen LogP contribution in [-0.4, -0.2) is 45.4 Å². The molecule has 0 bridgehead atoms. The van der Waals surface area contributed by atoms with Crippen molar-refractivity contribution >= 4 is 29.1 Å². The van der Waals surface area contributed by atoms with E-state index in [0.717, 1.165) is 0 Å². The molecule has 25 heavy (non-hydrogen) atoms. The van der Waals surface area contributed by atoms with Crippen molar-refractivity contribution in [1.82, 2.24) is 15.1 Å².